The van der Waals surface area contributed by atoms with E-state index in [1.54, 1.807) is 12.0 Å². The monoisotopic (exact) mass is 407 g/mol. The van der Waals surface area contributed by atoms with Crippen LogP contribution in [0.1, 0.15) is 43.4 Å². The molecule has 1 saturated heterocycles. The maximum atomic E-state index is 13.1. The standard InChI is InChI=1S/C24H29N3O3/c1-3-4-14-30-20-10-8-19(9-11-20)22-16-23-24(28)26(12-13-27(23)25-22)17-18-6-5-7-21(15-18)29-2/h5-13,15,22-23,25H,3-4,14,16-17H2,1-2H3. The lowest BCUT2D eigenvalue weighted by atomic mass is 10.0. The summed E-state index contributed by atoms with van der Waals surface area (Å²) in [7, 11) is 1.65. The van der Waals surface area contributed by atoms with Crippen LogP contribution in [0.3, 0.4) is 0 Å². The summed E-state index contributed by atoms with van der Waals surface area (Å²) in [6.07, 6.45) is 6.71. The van der Waals surface area contributed by atoms with Crippen molar-refractivity contribution in [3.63, 3.8) is 0 Å². The molecular formula is C24H29N3O3. The Labute approximate surface area is 178 Å². The number of unbranched alkanes of at least 4 members (excludes halogenated alkanes) is 1. The van der Waals surface area contributed by atoms with Gasteiger partial charge in [-0.1, -0.05) is 37.6 Å². The summed E-state index contributed by atoms with van der Waals surface area (Å²) >= 11 is 0. The molecule has 6 nitrogen and oxygen atoms in total. The topological polar surface area (TPSA) is 54.0 Å². The SMILES string of the molecule is CCCCOc1ccc(C2CC3C(=O)N(Cc4cccc(OC)c4)C=CN3N2)cc1. The molecule has 0 radical (unpaired) electrons. The van der Waals surface area contributed by atoms with E-state index in [4.69, 9.17) is 9.47 Å². The van der Waals surface area contributed by atoms with Gasteiger partial charge in [0.05, 0.1) is 26.3 Å². The molecule has 4 rings (SSSR count). The van der Waals surface area contributed by atoms with Crippen molar-refractivity contribution >= 4 is 5.91 Å². The molecule has 6 heteroatoms. The van der Waals surface area contributed by atoms with Gasteiger partial charge in [-0.2, -0.15) is 0 Å². The van der Waals surface area contributed by atoms with Crippen LogP contribution in [-0.2, 0) is 11.3 Å². The van der Waals surface area contributed by atoms with Crippen LogP contribution in [0, 0.1) is 0 Å². The number of hydrogen-bond acceptors (Lipinski definition) is 5. The van der Waals surface area contributed by atoms with Gasteiger partial charge < -0.3 is 19.4 Å². The maximum Gasteiger partial charge on any atom is 0.251 e. The molecule has 30 heavy (non-hydrogen) atoms. The fourth-order valence-corrected chi connectivity index (χ4v) is 3.88. The first-order valence-corrected chi connectivity index (χ1v) is 10.6. The fraction of sp³-hybridized carbons (Fsp3) is 0.375. The van der Waals surface area contributed by atoms with Crippen LogP contribution in [0.5, 0.6) is 11.5 Å². The first kappa shape index (κ1) is 20.3. The molecule has 1 amide bonds. The molecule has 2 aliphatic rings. The molecule has 0 bridgehead atoms. The minimum Gasteiger partial charge on any atom is -0.497 e. The number of nitrogens with zero attached hydrogens (tertiary/aromatic N) is 2. The summed E-state index contributed by atoms with van der Waals surface area (Å²) in [5.74, 6) is 1.80. The molecule has 2 aliphatic heterocycles. The van der Waals surface area contributed by atoms with Crippen LogP contribution in [0.4, 0.5) is 0 Å². The Kier molecular flexibility index (Phi) is 6.23. The zero-order valence-electron chi connectivity index (χ0n) is 17.6. The molecule has 2 aromatic rings. The van der Waals surface area contributed by atoms with Crippen molar-refractivity contribution in [1.82, 2.24) is 15.3 Å². The van der Waals surface area contributed by atoms with Gasteiger partial charge in [0.25, 0.3) is 5.91 Å². The van der Waals surface area contributed by atoms with Gasteiger partial charge in [-0.25, -0.2) is 5.43 Å². The predicted molar refractivity (Wildman–Crippen MR) is 116 cm³/mol. The second-order valence-electron chi connectivity index (χ2n) is 7.73. The van der Waals surface area contributed by atoms with E-state index in [9.17, 15) is 4.79 Å². The van der Waals surface area contributed by atoms with Crippen molar-refractivity contribution in [2.45, 2.75) is 44.8 Å². The molecule has 2 unspecified atom stereocenters. The average molecular weight is 408 g/mol. The zero-order valence-corrected chi connectivity index (χ0v) is 17.6. The van der Waals surface area contributed by atoms with E-state index in [-0.39, 0.29) is 18.0 Å². The highest BCUT2D eigenvalue weighted by atomic mass is 16.5. The minimum absolute atomic E-state index is 0.102. The van der Waals surface area contributed by atoms with Crippen molar-refractivity contribution < 1.29 is 14.3 Å². The normalized spacial score (nSPS) is 20.4. The lowest BCUT2D eigenvalue weighted by molar-refractivity contribution is -0.134. The molecule has 0 aliphatic carbocycles. The van der Waals surface area contributed by atoms with Crippen molar-refractivity contribution in [3.05, 3.63) is 72.1 Å². The number of carbonyl (C=O) groups is 1. The predicted octanol–water partition coefficient (Wildman–Crippen LogP) is 4.01. The third-order valence-electron chi connectivity index (χ3n) is 5.61. The Morgan fingerprint density at radius 3 is 2.70 bits per heavy atom. The molecular weight excluding hydrogens is 378 g/mol. The van der Waals surface area contributed by atoms with E-state index in [2.05, 4.69) is 24.5 Å². The minimum atomic E-state index is -0.203. The number of nitrogens with one attached hydrogen (secondary N) is 1. The summed E-state index contributed by atoms with van der Waals surface area (Å²) in [4.78, 5) is 14.9. The Morgan fingerprint density at radius 2 is 1.93 bits per heavy atom. The van der Waals surface area contributed by atoms with Gasteiger partial charge in [-0.05, 0) is 48.2 Å². The van der Waals surface area contributed by atoms with Crippen LogP contribution >= 0.6 is 0 Å². The van der Waals surface area contributed by atoms with E-state index in [0.29, 0.717) is 6.54 Å². The number of methoxy groups -OCH3 is 1. The number of hydrazine groups is 1. The number of ether oxygens (including phenoxy) is 2. The van der Waals surface area contributed by atoms with E-state index < -0.39 is 0 Å². The van der Waals surface area contributed by atoms with Gasteiger partial charge in [-0.15, -0.1) is 0 Å². The van der Waals surface area contributed by atoms with E-state index in [1.807, 2.05) is 53.8 Å². The molecule has 2 heterocycles. The zero-order chi connectivity index (χ0) is 20.9. The lowest BCUT2D eigenvalue weighted by Gasteiger charge is -2.31. The molecule has 1 N–H and O–H groups in total. The summed E-state index contributed by atoms with van der Waals surface area (Å²) < 4.78 is 11.0. The maximum absolute atomic E-state index is 13.1. The second kappa shape index (κ2) is 9.22. The molecule has 0 saturated carbocycles. The number of carbonyl (C=O) groups excluding carboxylic acids is 1. The lowest BCUT2D eigenvalue weighted by Crippen LogP contribution is -2.47. The van der Waals surface area contributed by atoms with Crippen molar-refractivity contribution in [1.29, 1.82) is 0 Å². The first-order chi connectivity index (χ1) is 14.7. The smallest absolute Gasteiger partial charge is 0.251 e. The molecule has 1 fully saturated rings. The Morgan fingerprint density at radius 1 is 1.10 bits per heavy atom. The molecule has 158 valence electrons. The summed E-state index contributed by atoms with van der Waals surface area (Å²) in [6.45, 7) is 3.43. The van der Waals surface area contributed by atoms with E-state index >= 15 is 0 Å². The third-order valence-corrected chi connectivity index (χ3v) is 5.61. The molecule has 2 atom stereocenters. The van der Waals surface area contributed by atoms with Crippen LogP contribution in [0.15, 0.2) is 60.9 Å². The second-order valence-corrected chi connectivity index (χ2v) is 7.73. The Balaban J connectivity index is 1.39. The average Bonchev–Trinajstić information content (AvgIpc) is 3.22. The molecule has 2 aromatic carbocycles. The number of hydrogen-bond donors (Lipinski definition) is 1. The van der Waals surface area contributed by atoms with Crippen LogP contribution in [-0.4, -0.2) is 35.6 Å². The number of benzene rings is 2. The summed E-state index contributed by atoms with van der Waals surface area (Å²) in [5, 5.41) is 1.93. The third kappa shape index (κ3) is 4.44. The van der Waals surface area contributed by atoms with Crippen LogP contribution in [0.25, 0.3) is 0 Å². The highest BCUT2D eigenvalue weighted by Gasteiger charge is 2.39. The Hall–Kier alpha value is -2.99. The summed E-state index contributed by atoms with van der Waals surface area (Å²) in [6, 6.07) is 15.9. The Bertz CT molecular complexity index is 897. The van der Waals surface area contributed by atoms with Crippen molar-refractivity contribution in [3.8, 4) is 11.5 Å². The van der Waals surface area contributed by atoms with Crippen molar-refractivity contribution in [2.75, 3.05) is 13.7 Å². The van der Waals surface area contributed by atoms with Gasteiger partial charge in [-0.3, -0.25) is 4.79 Å². The summed E-state index contributed by atoms with van der Waals surface area (Å²) in [5.41, 5.74) is 5.66. The van der Waals surface area contributed by atoms with Gasteiger partial charge in [0.15, 0.2) is 0 Å². The van der Waals surface area contributed by atoms with Gasteiger partial charge in [0.1, 0.15) is 17.5 Å². The number of fused-ring (bicyclic) bond motifs is 1. The quantitative estimate of drug-likeness (QED) is 0.670. The van der Waals surface area contributed by atoms with Gasteiger partial charge in [0, 0.05) is 12.4 Å². The molecule has 0 aromatic heterocycles. The van der Waals surface area contributed by atoms with Crippen LogP contribution < -0.4 is 14.9 Å². The number of amides is 1. The van der Waals surface area contributed by atoms with Gasteiger partial charge >= 0.3 is 0 Å². The highest BCUT2D eigenvalue weighted by Crippen LogP contribution is 2.32. The van der Waals surface area contributed by atoms with Gasteiger partial charge in [0.2, 0.25) is 0 Å². The van der Waals surface area contributed by atoms with E-state index in [1.165, 1.54) is 0 Å². The van der Waals surface area contributed by atoms with E-state index in [0.717, 1.165) is 48.5 Å². The van der Waals surface area contributed by atoms with Crippen LogP contribution in [0.2, 0.25) is 0 Å². The van der Waals surface area contributed by atoms with Crippen molar-refractivity contribution in [2.24, 2.45) is 0 Å². The first-order valence-electron chi connectivity index (χ1n) is 10.6. The largest absolute Gasteiger partial charge is 0.497 e. The number of rotatable bonds is 8. The highest BCUT2D eigenvalue weighted by molar-refractivity contribution is 5.84. The fourth-order valence-electron chi connectivity index (χ4n) is 3.88. The molecule has 0 spiro atoms.